The smallest absolute Gasteiger partial charge is 0.310 e. The molecule has 1 N–H and O–H groups in total. The molecule has 1 aliphatic rings. The molecule has 11 heteroatoms. The Morgan fingerprint density at radius 3 is 2.17 bits per heavy atom. The van der Waals surface area contributed by atoms with Crippen LogP contribution in [0.3, 0.4) is 0 Å². The van der Waals surface area contributed by atoms with Gasteiger partial charge in [-0.1, -0.05) is 17.4 Å². The fraction of sp³-hybridized carbons (Fsp3) is 0.207. The zero-order chi connectivity index (χ0) is 28.4. The first-order valence-electron chi connectivity index (χ1n) is 12.1. The number of hydrogen-bond donors (Lipinski definition) is 1. The van der Waals surface area contributed by atoms with E-state index in [4.69, 9.17) is 23.7 Å². The minimum atomic E-state index is -0.303. The number of aromatic nitrogens is 1. The summed E-state index contributed by atoms with van der Waals surface area (Å²) in [5, 5.41) is 12.4. The number of benzene rings is 3. The van der Waals surface area contributed by atoms with Gasteiger partial charge in [-0.25, -0.2) is 9.98 Å². The van der Waals surface area contributed by atoms with Crippen molar-refractivity contribution in [1.29, 1.82) is 0 Å². The van der Waals surface area contributed by atoms with Crippen molar-refractivity contribution in [1.82, 2.24) is 4.57 Å². The summed E-state index contributed by atoms with van der Waals surface area (Å²) in [6.07, 6.45) is 1.75. The molecule has 0 atom stereocenters. The summed E-state index contributed by atoms with van der Waals surface area (Å²) >= 11 is 0.951. The Kier molecular flexibility index (Phi) is 7.47. The number of thiazole rings is 1. The molecule has 4 aromatic rings. The largest absolute Gasteiger partial charge is 0.493 e. The van der Waals surface area contributed by atoms with Crippen LogP contribution in [-0.4, -0.2) is 51.1 Å². The molecule has 0 amide bonds. The van der Waals surface area contributed by atoms with E-state index in [1.165, 1.54) is 25.9 Å². The number of hydrogen-bond acceptors (Lipinski definition) is 10. The quantitative estimate of drug-likeness (QED) is 0.334. The van der Waals surface area contributed by atoms with Gasteiger partial charge in [0.1, 0.15) is 0 Å². The number of ether oxygens (including phenoxy) is 5. The first-order valence-corrected chi connectivity index (χ1v) is 12.9. The topological polar surface area (TPSA) is 113 Å². The van der Waals surface area contributed by atoms with Crippen molar-refractivity contribution >= 4 is 28.9 Å². The van der Waals surface area contributed by atoms with Crippen molar-refractivity contribution < 1.29 is 28.8 Å². The van der Waals surface area contributed by atoms with Gasteiger partial charge in [-0.05, 0) is 59.3 Å². The molecule has 0 saturated heterocycles. The number of amidine groups is 1. The standard InChI is InChI=1S/C29H27N3O7S/c1-35-21-9-7-18(14-22(21)36-2)27-30-19-8-6-16(10-20(19)31-27)13-25-28(33)32(29(34)40-25)15-17-11-23(37-3)26(39-5)24(12-17)38-4/h6-14,33H,15H2,1-5H3/b16-13+. The fourth-order valence-electron chi connectivity index (χ4n) is 4.38. The minimum absolute atomic E-state index is 0.119. The molecule has 5 rings (SSSR count). The highest BCUT2D eigenvalue weighted by molar-refractivity contribution is 7.10. The van der Waals surface area contributed by atoms with Gasteiger partial charge in [0.25, 0.3) is 0 Å². The molecule has 0 saturated carbocycles. The molecule has 10 nitrogen and oxygen atoms in total. The van der Waals surface area contributed by atoms with E-state index in [0.29, 0.717) is 50.7 Å². The number of rotatable bonds is 9. The van der Waals surface area contributed by atoms with Crippen LogP contribution in [0.15, 0.2) is 63.3 Å². The van der Waals surface area contributed by atoms with Crippen LogP contribution in [-0.2, 0) is 6.54 Å². The predicted octanol–water partition coefficient (Wildman–Crippen LogP) is 3.25. The maximum atomic E-state index is 12.8. The number of nitrogens with zero attached hydrogens (tertiary/aromatic N) is 3. The van der Waals surface area contributed by atoms with Crippen LogP contribution in [0.1, 0.15) is 16.0 Å². The molecule has 2 heterocycles. The molecular formula is C29H27N3O7S. The van der Waals surface area contributed by atoms with Crippen LogP contribution < -0.4 is 39.1 Å². The second-order valence-electron chi connectivity index (χ2n) is 8.69. The summed E-state index contributed by atoms with van der Waals surface area (Å²) in [6.45, 7) is 0.119. The summed E-state index contributed by atoms with van der Waals surface area (Å²) in [7, 11) is 7.72. The summed E-state index contributed by atoms with van der Waals surface area (Å²) < 4.78 is 28.2. The van der Waals surface area contributed by atoms with Gasteiger partial charge in [0.05, 0.1) is 58.0 Å². The zero-order valence-electron chi connectivity index (χ0n) is 22.5. The normalized spacial score (nSPS) is 12.4. The SMILES string of the molecule is COc1ccc(C2=Nc3c/c(=C/c4sc(=O)n(Cc5cc(OC)c(OC)c(OC)c5)c4O)ccc3=N2)cc1OC. The van der Waals surface area contributed by atoms with Crippen molar-refractivity contribution in [2.75, 3.05) is 35.5 Å². The Morgan fingerprint density at radius 1 is 0.825 bits per heavy atom. The van der Waals surface area contributed by atoms with E-state index in [0.717, 1.165) is 27.5 Å². The van der Waals surface area contributed by atoms with Gasteiger partial charge >= 0.3 is 4.87 Å². The molecule has 1 aromatic heterocycles. The van der Waals surface area contributed by atoms with E-state index in [1.54, 1.807) is 32.4 Å². The van der Waals surface area contributed by atoms with E-state index in [2.05, 4.69) is 9.98 Å². The van der Waals surface area contributed by atoms with Crippen molar-refractivity contribution in [3.8, 4) is 34.6 Å². The molecular weight excluding hydrogens is 534 g/mol. The highest BCUT2D eigenvalue weighted by Crippen LogP contribution is 2.38. The van der Waals surface area contributed by atoms with E-state index >= 15 is 0 Å². The fourth-order valence-corrected chi connectivity index (χ4v) is 5.23. The highest BCUT2D eigenvalue weighted by atomic mass is 32.1. The van der Waals surface area contributed by atoms with Gasteiger partial charge in [0.15, 0.2) is 28.8 Å². The second kappa shape index (κ2) is 11.1. The van der Waals surface area contributed by atoms with Gasteiger partial charge in [0, 0.05) is 5.56 Å². The molecule has 0 spiro atoms. The van der Waals surface area contributed by atoms with Gasteiger partial charge in [-0.2, -0.15) is 0 Å². The number of fused-ring (bicyclic) bond motifs is 1. The van der Waals surface area contributed by atoms with Crippen LogP contribution in [0.2, 0.25) is 0 Å². The summed E-state index contributed by atoms with van der Waals surface area (Å²) in [5.74, 6) is 3.00. The molecule has 206 valence electrons. The first kappa shape index (κ1) is 26.8. The average Bonchev–Trinajstić information content (AvgIpc) is 3.52. The van der Waals surface area contributed by atoms with Gasteiger partial charge in [0.2, 0.25) is 11.6 Å². The summed E-state index contributed by atoms with van der Waals surface area (Å²) in [6, 6.07) is 14.6. The van der Waals surface area contributed by atoms with Crippen LogP contribution in [0.5, 0.6) is 34.6 Å². The third-order valence-corrected chi connectivity index (χ3v) is 7.27. The number of aromatic hydroxyl groups is 1. The predicted molar refractivity (Wildman–Crippen MR) is 152 cm³/mol. The average molecular weight is 562 g/mol. The highest BCUT2D eigenvalue weighted by Gasteiger charge is 2.18. The monoisotopic (exact) mass is 561 g/mol. The van der Waals surface area contributed by atoms with Crippen molar-refractivity contribution in [3.63, 3.8) is 0 Å². The van der Waals surface area contributed by atoms with Crippen molar-refractivity contribution in [2.24, 2.45) is 9.98 Å². The van der Waals surface area contributed by atoms with Crippen LogP contribution in [0, 0.1) is 0 Å². The van der Waals surface area contributed by atoms with Gasteiger partial charge in [-0.3, -0.25) is 9.36 Å². The third kappa shape index (κ3) is 4.98. The number of methoxy groups -OCH3 is 5. The van der Waals surface area contributed by atoms with E-state index in [-0.39, 0.29) is 17.3 Å². The molecule has 0 fully saturated rings. The van der Waals surface area contributed by atoms with Crippen LogP contribution >= 0.6 is 11.3 Å². The van der Waals surface area contributed by atoms with E-state index < -0.39 is 0 Å². The molecule has 3 aromatic carbocycles. The molecule has 0 radical (unpaired) electrons. The Bertz CT molecular complexity index is 1780. The molecule has 0 bridgehead atoms. The van der Waals surface area contributed by atoms with Crippen molar-refractivity contribution in [2.45, 2.75) is 6.54 Å². The van der Waals surface area contributed by atoms with Gasteiger partial charge < -0.3 is 28.8 Å². The second-order valence-corrected chi connectivity index (χ2v) is 9.68. The van der Waals surface area contributed by atoms with Crippen LogP contribution in [0.4, 0.5) is 5.69 Å². The Balaban J connectivity index is 1.46. The Hall–Kier alpha value is -4.77. The molecule has 40 heavy (non-hydrogen) atoms. The molecule has 0 unspecified atom stereocenters. The Labute approximate surface area is 233 Å². The summed E-state index contributed by atoms with van der Waals surface area (Å²) in [4.78, 5) is 22.3. The van der Waals surface area contributed by atoms with E-state index in [9.17, 15) is 9.90 Å². The molecule has 0 aliphatic carbocycles. The Morgan fingerprint density at radius 2 is 1.52 bits per heavy atom. The summed E-state index contributed by atoms with van der Waals surface area (Å²) in [5.41, 5.74) is 2.17. The lowest BCUT2D eigenvalue weighted by Gasteiger charge is -2.14. The van der Waals surface area contributed by atoms with Crippen molar-refractivity contribution in [3.05, 3.63) is 84.8 Å². The van der Waals surface area contributed by atoms with Crippen LogP contribution in [0.25, 0.3) is 6.08 Å². The number of aliphatic imine (C=N–C) groups is 1. The van der Waals surface area contributed by atoms with Gasteiger partial charge in [-0.15, -0.1) is 0 Å². The zero-order valence-corrected chi connectivity index (χ0v) is 23.4. The maximum absolute atomic E-state index is 12.8. The third-order valence-electron chi connectivity index (χ3n) is 6.35. The lowest BCUT2D eigenvalue weighted by atomic mass is 10.1. The molecule has 1 aliphatic heterocycles. The minimum Gasteiger partial charge on any atom is -0.493 e. The first-order chi connectivity index (χ1) is 19.4. The maximum Gasteiger partial charge on any atom is 0.310 e. The lowest BCUT2D eigenvalue weighted by Crippen LogP contribution is -2.13. The lowest BCUT2D eigenvalue weighted by molar-refractivity contribution is 0.323. The van der Waals surface area contributed by atoms with E-state index in [1.807, 2.05) is 36.4 Å².